The summed E-state index contributed by atoms with van der Waals surface area (Å²) in [5.41, 5.74) is 4.42. The van der Waals surface area contributed by atoms with Crippen molar-refractivity contribution in [3.63, 3.8) is 0 Å². The van der Waals surface area contributed by atoms with E-state index in [2.05, 4.69) is 58.5 Å². The summed E-state index contributed by atoms with van der Waals surface area (Å²) in [4.78, 5) is 6.87. The molecule has 0 saturated heterocycles. The number of benzene rings is 4. The molecule has 0 atom stereocenters. The summed E-state index contributed by atoms with van der Waals surface area (Å²) in [6, 6.07) is 28.9. The van der Waals surface area contributed by atoms with E-state index in [1.54, 1.807) is 0 Å². The molecule has 0 saturated carbocycles. The Morgan fingerprint density at radius 1 is 0.417 bits per heavy atom. The highest BCUT2D eigenvalue weighted by molar-refractivity contribution is 6.08. The Morgan fingerprint density at radius 2 is 0.833 bits per heavy atom. The van der Waals surface area contributed by atoms with Crippen molar-refractivity contribution >= 4 is 43.6 Å². The Morgan fingerprint density at radius 3 is 1.33 bits per heavy atom. The van der Waals surface area contributed by atoms with Crippen LogP contribution in [-0.4, -0.2) is 49.6 Å². The first-order valence-corrected chi connectivity index (χ1v) is 12.3. The van der Waals surface area contributed by atoms with E-state index in [4.69, 9.17) is 18.9 Å². The molecule has 0 unspecified atom stereocenters. The number of hydrogen-bond acceptors (Lipinski definition) is 4. The van der Waals surface area contributed by atoms with Crippen molar-refractivity contribution in [1.29, 1.82) is 0 Å². The van der Waals surface area contributed by atoms with Crippen molar-refractivity contribution in [1.82, 2.24) is 9.97 Å². The molecular weight excluding hydrogens is 452 g/mol. The predicted molar refractivity (Wildman–Crippen MR) is 144 cm³/mol. The maximum Gasteiger partial charge on any atom is 0.121 e. The normalized spacial score (nSPS) is 11.7. The van der Waals surface area contributed by atoms with Crippen LogP contribution in [0.2, 0.25) is 0 Å². The van der Waals surface area contributed by atoms with E-state index in [1.807, 2.05) is 36.4 Å². The van der Waals surface area contributed by atoms with Gasteiger partial charge < -0.3 is 28.9 Å². The maximum atomic E-state index is 5.85. The number of ether oxygens (including phenoxy) is 4. The van der Waals surface area contributed by atoms with Gasteiger partial charge in [0.25, 0.3) is 0 Å². The number of hydrogen-bond donors (Lipinski definition) is 2. The molecule has 6 rings (SSSR count). The lowest BCUT2D eigenvalue weighted by atomic mass is 10.1. The van der Waals surface area contributed by atoms with E-state index in [0.29, 0.717) is 39.6 Å². The second-order valence-corrected chi connectivity index (χ2v) is 8.68. The minimum Gasteiger partial charge on any atom is -0.491 e. The fourth-order valence-electron chi connectivity index (χ4n) is 4.61. The van der Waals surface area contributed by atoms with Gasteiger partial charge in [-0.05, 0) is 36.4 Å². The summed E-state index contributed by atoms with van der Waals surface area (Å²) < 4.78 is 23.0. The van der Waals surface area contributed by atoms with Crippen LogP contribution in [0.25, 0.3) is 43.6 Å². The molecular formula is C30H28N2O4. The molecule has 0 amide bonds. The van der Waals surface area contributed by atoms with Gasteiger partial charge in [-0.3, -0.25) is 0 Å². The molecule has 0 radical (unpaired) electrons. The number of H-pyrrole nitrogens is 2. The molecule has 6 nitrogen and oxygen atoms in total. The van der Waals surface area contributed by atoms with Crippen molar-refractivity contribution in [2.24, 2.45) is 0 Å². The maximum absolute atomic E-state index is 5.85. The molecule has 2 N–H and O–H groups in total. The molecule has 0 aliphatic heterocycles. The lowest BCUT2D eigenvalue weighted by molar-refractivity contribution is 0.0274. The van der Waals surface area contributed by atoms with Gasteiger partial charge in [-0.25, -0.2) is 0 Å². The molecule has 0 aliphatic rings. The lowest BCUT2D eigenvalue weighted by Crippen LogP contribution is -2.13. The van der Waals surface area contributed by atoms with Crippen LogP contribution < -0.4 is 9.47 Å². The third-order valence-corrected chi connectivity index (χ3v) is 6.32. The highest BCUT2D eigenvalue weighted by Crippen LogP contribution is 2.29. The van der Waals surface area contributed by atoms with Crippen LogP contribution in [0.15, 0.2) is 84.9 Å². The zero-order chi connectivity index (χ0) is 24.2. The third kappa shape index (κ3) is 4.73. The van der Waals surface area contributed by atoms with Crippen LogP contribution in [0.4, 0.5) is 0 Å². The Bertz CT molecular complexity index is 1500. The summed E-state index contributed by atoms with van der Waals surface area (Å²) in [5, 5.41) is 4.86. The smallest absolute Gasteiger partial charge is 0.121 e. The van der Waals surface area contributed by atoms with Gasteiger partial charge in [0, 0.05) is 44.7 Å². The Labute approximate surface area is 208 Å². The van der Waals surface area contributed by atoms with Gasteiger partial charge in [0.2, 0.25) is 0 Å². The lowest BCUT2D eigenvalue weighted by Gasteiger charge is -2.09. The van der Waals surface area contributed by atoms with Crippen LogP contribution in [0.1, 0.15) is 0 Å². The molecule has 182 valence electrons. The standard InChI is InChI=1S/C30H28N2O4/c1-3-7-27-23(5-1)25-11-9-21(19-29(25)31-27)35-17-15-33-13-14-34-16-18-36-22-10-12-26-24-6-2-4-8-28(24)32-30(26)20-22/h1-12,19-20,31-32H,13-18H2. The van der Waals surface area contributed by atoms with Crippen molar-refractivity contribution < 1.29 is 18.9 Å². The summed E-state index contributed by atoms with van der Waals surface area (Å²) in [6.07, 6.45) is 0. The summed E-state index contributed by atoms with van der Waals surface area (Å²) in [7, 11) is 0. The molecule has 6 aromatic rings. The first-order valence-electron chi connectivity index (χ1n) is 12.3. The van der Waals surface area contributed by atoms with Gasteiger partial charge in [-0.2, -0.15) is 0 Å². The van der Waals surface area contributed by atoms with Gasteiger partial charge in [0.15, 0.2) is 0 Å². The SMILES string of the molecule is c1ccc2c(c1)[nH]c1cc(OCCOCCOCCOc3ccc4c(c3)[nH]c3ccccc34)ccc12. The minimum absolute atomic E-state index is 0.491. The molecule has 36 heavy (non-hydrogen) atoms. The van der Waals surface area contributed by atoms with Crippen molar-refractivity contribution in [2.45, 2.75) is 0 Å². The van der Waals surface area contributed by atoms with Crippen molar-refractivity contribution in [3.05, 3.63) is 84.9 Å². The van der Waals surface area contributed by atoms with Crippen molar-refractivity contribution in [3.8, 4) is 11.5 Å². The quantitative estimate of drug-likeness (QED) is 0.209. The second-order valence-electron chi connectivity index (χ2n) is 8.68. The molecule has 2 aromatic heterocycles. The zero-order valence-electron chi connectivity index (χ0n) is 20.0. The summed E-state index contributed by atoms with van der Waals surface area (Å²) in [6.45, 7) is 3.04. The zero-order valence-corrected chi connectivity index (χ0v) is 20.0. The summed E-state index contributed by atoms with van der Waals surface area (Å²) >= 11 is 0. The largest absolute Gasteiger partial charge is 0.491 e. The van der Waals surface area contributed by atoms with E-state index in [1.165, 1.54) is 21.5 Å². The first kappa shape index (κ1) is 22.5. The van der Waals surface area contributed by atoms with Crippen LogP contribution in [-0.2, 0) is 9.47 Å². The van der Waals surface area contributed by atoms with Gasteiger partial charge in [0.05, 0.1) is 37.5 Å². The predicted octanol–water partition coefficient (Wildman–Crippen LogP) is 6.45. The Kier molecular flexibility index (Phi) is 6.44. The van der Waals surface area contributed by atoms with Gasteiger partial charge >= 0.3 is 0 Å². The van der Waals surface area contributed by atoms with E-state index >= 15 is 0 Å². The number of aromatic nitrogens is 2. The van der Waals surface area contributed by atoms with E-state index in [-0.39, 0.29) is 0 Å². The average Bonchev–Trinajstić information content (AvgIpc) is 3.47. The third-order valence-electron chi connectivity index (χ3n) is 6.32. The number of nitrogens with one attached hydrogen (secondary N) is 2. The number of fused-ring (bicyclic) bond motifs is 6. The van der Waals surface area contributed by atoms with Crippen LogP contribution in [0.3, 0.4) is 0 Å². The van der Waals surface area contributed by atoms with Crippen molar-refractivity contribution in [2.75, 3.05) is 39.6 Å². The average molecular weight is 481 g/mol. The van der Waals surface area contributed by atoms with Gasteiger partial charge in [0.1, 0.15) is 24.7 Å². The van der Waals surface area contributed by atoms with E-state index in [0.717, 1.165) is 33.6 Å². The molecule has 2 heterocycles. The monoisotopic (exact) mass is 480 g/mol. The fraction of sp³-hybridized carbons (Fsp3) is 0.200. The molecule has 4 aromatic carbocycles. The molecule has 6 heteroatoms. The van der Waals surface area contributed by atoms with Gasteiger partial charge in [-0.1, -0.05) is 36.4 Å². The van der Waals surface area contributed by atoms with E-state index in [9.17, 15) is 0 Å². The fourth-order valence-corrected chi connectivity index (χ4v) is 4.61. The Hall–Kier alpha value is -4.00. The molecule has 0 fully saturated rings. The number of rotatable bonds is 11. The van der Waals surface area contributed by atoms with Crippen LogP contribution >= 0.6 is 0 Å². The first-order chi connectivity index (χ1) is 17.8. The highest BCUT2D eigenvalue weighted by atomic mass is 16.6. The van der Waals surface area contributed by atoms with Crippen LogP contribution in [0.5, 0.6) is 11.5 Å². The highest BCUT2D eigenvalue weighted by Gasteiger charge is 2.06. The number of aromatic amines is 2. The summed E-state index contributed by atoms with van der Waals surface area (Å²) in [5.74, 6) is 1.66. The molecule has 0 bridgehead atoms. The van der Waals surface area contributed by atoms with Gasteiger partial charge in [-0.15, -0.1) is 0 Å². The van der Waals surface area contributed by atoms with E-state index < -0.39 is 0 Å². The molecule has 0 aliphatic carbocycles. The second kappa shape index (κ2) is 10.3. The topological polar surface area (TPSA) is 68.5 Å². The minimum atomic E-state index is 0.491. The van der Waals surface area contributed by atoms with Crippen LogP contribution in [0, 0.1) is 0 Å². The molecule has 0 spiro atoms. The Balaban J connectivity index is 0.871. The number of para-hydroxylation sites is 2.